The Bertz CT molecular complexity index is 1290. The number of anilines is 1. The predicted molar refractivity (Wildman–Crippen MR) is 132 cm³/mol. The van der Waals surface area contributed by atoms with Crippen LogP contribution in [0.5, 0.6) is 5.75 Å². The van der Waals surface area contributed by atoms with E-state index in [1.54, 1.807) is 34.9 Å². The second-order valence-corrected chi connectivity index (χ2v) is 8.53. The molecular weight excluding hydrogens is 450 g/mol. The number of thioether (sulfide) groups is 1. The van der Waals surface area contributed by atoms with Gasteiger partial charge in [0, 0.05) is 18.4 Å². The monoisotopic (exact) mass is 475 g/mol. The number of nitrogens with one attached hydrogen (secondary N) is 2. The average Bonchev–Trinajstić information content (AvgIpc) is 3.26. The summed E-state index contributed by atoms with van der Waals surface area (Å²) in [7, 11) is 0. The third kappa shape index (κ3) is 5.93. The van der Waals surface area contributed by atoms with Gasteiger partial charge in [-0.15, -0.1) is 10.2 Å². The minimum absolute atomic E-state index is 0.151. The molecular formula is C25H25N5O3S. The van der Waals surface area contributed by atoms with E-state index in [0.717, 1.165) is 11.3 Å². The number of hydrogen-bond acceptors (Lipinski definition) is 6. The number of hydrogen-bond donors (Lipinski definition) is 2. The van der Waals surface area contributed by atoms with Gasteiger partial charge in [-0.3, -0.25) is 14.0 Å². The summed E-state index contributed by atoms with van der Waals surface area (Å²) in [5, 5.41) is 14.6. The summed E-state index contributed by atoms with van der Waals surface area (Å²) in [6, 6.07) is 18.7. The van der Waals surface area contributed by atoms with Gasteiger partial charge in [0.05, 0.1) is 17.9 Å². The van der Waals surface area contributed by atoms with Gasteiger partial charge in [-0.05, 0) is 55.8 Å². The lowest BCUT2D eigenvalue weighted by atomic mass is 10.1. The molecule has 9 heteroatoms. The SMILES string of the molecule is CCOc1ccc(NC(=O)CSc2nnc3ccc(C(=O)NCc4ccc(C)cc4)cn23)cc1. The van der Waals surface area contributed by atoms with Crippen molar-refractivity contribution in [3.63, 3.8) is 0 Å². The van der Waals surface area contributed by atoms with Gasteiger partial charge < -0.3 is 15.4 Å². The molecule has 0 saturated carbocycles. The minimum atomic E-state index is -0.194. The molecule has 34 heavy (non-hydrogen) atoms. The predicted octanol–water partition coefficient (Wildman–Crippen LogP) is 4.10. The van der Waals surface area contributed by atoms with Gasteiger partial charge in [0.1, 0.15) is 5.75 Å². The molecule has 0 aliphatic rings. The van der Waals surface area contributed by atoms with Crippen LogP contribution in [0.4, 0.5) is 5.69 Å². The van der Waals surface area contributed by atoms with E-state index >= 15 is 0 Å². The van der Waals surface area contributed by atoms with Crippen LogP contribution in [-0.4, -0.2) is 38.8 Å². The Balaban J connectivity index is 1.36. The molecule has 0 unspecified atom stereocenters. The van der Waals surface area contributed by atoms with E-state index in [9.17, 15) is 9.59 Å². The Labute approximate surface area is 201 Å². The number of nitrogens with zero attached hydrogens (tertiary/aromatic N) is 3. The summed E-state index contributed by atoms with van der Waals surface area (Å²) in [5.41, 5.74) is 3.97. The van der Waals surface area contributed by atoms with E-state index in [-0.39, 0.29) is 17.6 Å². The summed E-state index contributed by atoms with van der Waals surface area (Å²) in [6.45, 7) is 4.97. The summed E-state index contributed by atoms with van der Waals surface area (Å²) >= 11 is 1.25. The van der Waals surface area contributed by atoms with Crippen LogP contribution in [0.2, 0.25) is 0 Å². The van der Waals surface area contributed by atoms with Gasteiger partial charge in [0.25, 0.3) is 5.91 Å². The van der Waals surface area contributed by atoms with Crippen molar-refractivity contribution < 1.29 is 14.3 Å². The van der Waals surface area contributed by atoms with E-state index in [4.69, 9.17) is 4.74 Å². The lowest BCUT2D eigenvalue weighted by molar-refractivity contribution is -0.113. The number of pyridine rings is 1. The highest BCUT2D eigenvalue weighted by atomic mass is 32.2. The molecule has 0 atom stereocenters. The highest BCUT2D eigenvalue weighted by Crippen LogP contribution is 2.20. The van der Waals surface area contributed by atoms with E-state index in [1.165, 1.54) is 17.3 Å². The molecule has 4 aromatic rings. The Morgan fingerprint density at radius 3 is 2.50 bits per heavy atom. The molecule has 2 N–H and O–H groups in total. The van der Waals surface area contributed by atoms with Crippen molar-refractivity contribution in [1.29, 1.82) is 0 Å². The van der Waals surface area contributed by atoms with Crippen molar-refractivity contribution in [1.82, 2.24) is 19.9 Å². The van der Waals surface area contributed by atoms with Gasteiger partial charge in [-0.2, -0.15) is 0 Å². The Morgan fingerprint density at radius 2 is 1.76 bits per heavy atom. The number of ether oxygens (including phenoxy) is 1. The lowest BCUT2D eigenvalue weighted by Gasteiger charge is -2.08. The minimum Gasteiger partial charge on any atom is -0.494 e. The van der Waals surface area contributed by atoms with Crippen LogP contribution < -0.4 is 15.4 Å². The molecule has 0 aliphatic heterocycles. The highest BCUT2D eigenvalue weighted by molar-refractivity contribution is 7.99. The molecule has 4 rings (SSSR count). The van der Waals surface area contributed by atoms with Gasteiger partial charge in [-0.1, -0.05) is 41.6 Å². The molecule has 174 valence electrons. The zero-order valence-corrected chi connectivity index (χ0v) is 19.8. The summed E-state index contributed by atoms with van der Waals surface area (Å²) < 4.78 is 7.13. The molecule has 0 aliphatic carbocycles. The van der Waals surface area contributed by atoms with Crippen LogP contribution in [-0.2, 0) is 11.3 Å². The number of aromatic nitrogens is 3. The summed E-state index contributed by atoms with van der Waals surface area (Å²) in [6.07, 6.45) is 1.69. The lowest BCUT2D eigenvalue weighted by Crippen LogP contribution is -2.23. The summed E-state index contributed by atoms with van der Waals surface area (Å²) in [5.74, 6) is 0.541. The van der Waals surface area contributed by atoms with Crippen molar-refractivity contribution in [3.8, 4) is 5.75 Å². The van der Waals surface area contributed by atoms with E-state index in [0.29, 0.717) is 35.2 Å². The largest absolute Gasteiger partial charge is 0.494 e. The molecule has 2 amide bonds. The van der Waals surface area contributed by atoms with Gasteiger partial charge >= 0.3 is 0 Å². The zero-order chi connectivity index (χ0) is 23.9. The van der Waals surface area contributed by atoms with Crippen molar-refractivity contribution in [3.05, 3.63) is 83.6 Å². The van der Waals surface area contributed by atoms with E-state index in [1.807, 2.05) is 50.2 Å². The second kappa shape index (κ2) is 10.8. The molecule has 0 spiro atoms. The first-order chi connectivity index (χ1) is 16.5. The second-order valence-electron chi connectivity index (χ2n) is 7.59. The van der Waals surface area contributed by atoms with Crippen LogP contribution in [0.25, 0.3) is 5.65 Å². The molecule has 2 aromatic heterocycles. The normalized spacial score (nSPS) is 10.8. The molecule has 2 aromatic carbocycles. The number of aryl methyl sites for hydroxylation is 1. The Kier molecular flexibility index (Phi) is 7.44. The third-order valence-electron chi connectivity index (χ3n) is 4.99. The highest BCUT2D eigenvalue weighted by Gasteiger charge is 2.13. The molecule has 8 nitrogen and oxygen atoms in total. The molecule has 0 bridgehead atoms. The number of fused-ring (bicyclic) bond motifs is 1. The topological polar surface area (TPSA) is 97.6 Å². The van der Waals surface area contributed by atoms with Crippen molar-refractivity contribution in [2.45, 2.75) is 25.5 Å². The van der Waals surface area contributed by atoms with Crippen molar-refractivity contribution >= 4 is 34.9 Å². The van der Waals surface area contributed by atoms with E-state index in [2.05, 4.69) is 20.8 Å². The maximum Gasteiger partial charge on any atom is 0.253 e. The summed E-state index contributed by atoms with van der Waals surface area (Å²) in [4.78, 5) is 25.0. The maximum atomic E-state index is 12.7. The maximum absolute atomic E-state index is 12.7. The first kappa shape index (κ1) is 23.3. The quantitative estimate of drug-likeness (QED) is 0.354. The average molecular weight is 476 g/mol. The fourth-order valence-corrected chi connectivity index (χ4v) is 3.94. The molecule has 2 heterocycles. The van der Waals surface area contributed by atoms with Gasteiger partial charge in [0.15, 0.2) is 10.8 Å². The molecule has 0 fully saturated rings. The first-order valence-corrected chi connectivity index (χ1v) is 11.8. The fourth-order valence-electron chi connectivity index (χ4n) is 3.22. The molecule has 0 radical (unpaired) electrons. The number of amides is 2. The number of benzene rings is 2. The number of carbonyl (C=O) groups is 2. The standard InChI is InChI=1S/C25H25N5O3S/c1-3-33-21-11-9-20(10-12-21)27-23(31)16-34-25-29-28-22-13-8-19(15-30(22)25)24(32)26-14-18-6-4-17(2)5-7-18/h4-13,15H,3,14,16H2,1-2H3,(H,26,32)(H,27,31). The van der Waals surface area contributed by atoms with Crippen molar-refractivity contribution in [2.24, 2.45) is 0 Å². The number of rotatable bonds is 9. The van der Waals surface area contributed by atoms with Crippen molar-refractivity contribution in [2.75, 3.05) is 17.7 Å². The van der Waals surface area contributed by atoms with Crippen LogP contribution >= 0.6 is 11.8 Å². The van der Waals surface area contributed by atoms with E-state index < -0.39 is 0 Å². The van der Waals surface area contributed by atoms with Crippen LogP contribution in [0.15, 0.2) is 72.0 Å². The Hall–Kier alpha value is -3.85. The van der Waals surface area contributed by atoms with Crippen LogP contribution in [0, 0.1) is 6.92 Å². The van der Waals surface area contributed by atoms with Gasteiger partial charge in [0.2, 0.25) is 5.91 Å². The van der Waals surface area contributed by atoms with Crippen LogP contribution in [0.3, 0.4) is 0 Å². The first-order valence-electron chi connectivity index (χ1n) is 10.9. The van der Waals surface area contributed by atoms with Gasteiger partial charge in [-0.25, -0.2) is 0 Å². The number of carbonyl (C=O) groups excluding carboxylic acids is 2. The fraction of sp³-hybridized carbons (Fsp3) is 0.200. The zero-order valence-electron chi connectivity index (χ0n) is 18.9. The smallest absolute Gasteiger partial charge is 0.253 e. The molecule has 0 saturated heterocycles. The Morgan fingerprint density at radius 1 is 1.00 bits per heavy atom. The van der Waals surface area contributed by atoms with Crippen LogP contribution in [0.1, 0.15) is 28.4 Å². The third-order valence-corrected chi connectivity index (χ3v) is 5.93.